The van der Waals surface area contributed by atoms with Gasteiger partial charge >= 0.3 is 5.97 Å². The van der Waals surface area contributed by atoms with E-state index in [1.807, 2.05) is 42.5 Å². The molecular weight excluding hydrogens is 326 g/mol. The molecule has 0 bridgehead atoms. The summed E-state index contributed by atoms with van der Waals surface area (Å²) in [7, 11) is 0. The van der Waals surface area contributed by atoms with Crippen molar-refractivity contribution in [2.75, 3.05) is 5.32 Å². The number of aromatic carboxylic acids is 1. The van der Waals surface area contributed by atoms with Crippen molar-refractivity contribution >= 4 is 23.3 Å². The maximum absolute atomic E-state index is 11.2. The highest BCUT2D eigenvalue weighted by Gasteiger charge is 2.11. The lowest BCUT2D eigenvalue weighted by atomic mass is 10.1. The van der Waals surface area contributed by atoms with Crippen molar-refractivity contribution in [1.82, 2.24) is 0 Å². The number of carboxylic acid groups (broad SMARTS) is 1. The Morgan fingerprint density at radius 3 is 2.67 bits per heavy atom. The van der Waals surface area contributed by atoms with E-state index in [1.165, 1.54) is 0 Å². The van der Waals surface area contributed by atoms with Gasteiger partial charge in [-0.1, -0.05) is 29.8 Å². The van der Waals surface area contributed by atoms with Gasteiger partial charge in [-0.05, 0) is 48.9 Å². The number of halogens is 1. The normalized spacial score (nSPS) is 10.6. The first-order chi connectivity index (χ1) is 11.6. The number of carboxylic acids is 1. The van der Waals surface area contributed by atoms with Crippen molar-refractivity contribution in [3.8, 4) is 11.3 Å². The molecule has 0 spiro atoms. The molecule has 0 aliphatic rings. The highest BCUT2D eigenvalue weighted by Crippen LogP contribution is 2.29. The molecule has 1 heterocycles. The van der Waals surface area contributed by atoms with E-state index in [2.05, 4.69) is 5.32 Å². The van der Waals surface area contributed by atoms with E-state index in [9.17, 15) is 9.90 Å². The molecule has 2 aromatic carbocycles. The molecular formula is C19H16ClNO3. The maximum Gasteiger partial charge on any atom is 0.336 e. The van der Waals surface area contributed by atoms with Gasteiger partial charge in [0.05, 0.1) is 17.1 Å². The Hall–Kier alpha value is -2.72. The molecule has 4 nitrogen and oxygen atoms in total. The zero-order chi connectivity index (χ0) is 17.1. The molecule has 5 heteroatoms. The fourth-order valence-corrected chi connectivity index (χ4v) is 2.75. The fraction of sp³-hybridized carbons (Fsp3) is 0.105. The van der Waals surface area contributed by atoms with Crippen molar-refractivity contribution in [3.05, 3.63) is 76.5 Å². The molecule has 0 atom stereocenters. The van der Waals surface area contributed by atoms with Crippen molar-refractivity contribution < 1.29 is 14.3 Å². The lowest BCUT2D eigenvalue weighted by Crippen LogP contribution is -2.05. The minimum Gasteiger partial charge on any atom is -0.478 e. The average Bonchev–Trinajstić information content (AvgIpc) is 3.03. The lowest BCUT2D eigenvalue weighted by molar-refractivity contribution is 0.0696. The molecule has 3 aromatic rings. The van der Waals surface area contributed by atoms with Gasteiger partial charge in [-0.2, -0.15) is 0 Å². The third-order valence-electron chi connectivity index (χ3n) is 3.82. The summed E-state index contributed by atoms with van der Waals surface area (Å²) in [4.78, 5) is 11.2. The minimum atomic E-state index is -0.935. The van der Waals surface area contributed by atoms with Gasteiger partial charge in [0.2, 0.25) is 0 Å². The second kappa shape index (κ2) is 6.81. The molecule has 0 aliphatic carbocycles. The van der Waals surface area contributed by atoms with Gasteiger partial charge < -0.3 is 14.8 Å². The Kier molecular flexibility index (Phi) is 4.58. The number of benzene rings is 2. The van der Waals surface area contributed by atoms with Gasteiger partial charge in [0, 0.05) is 11.3 Å². The van der Waals surface area contributed by atoms with Crippen molar-refractivity contribution in [2.45, 2.75) is 13.5 Å². The Morgan fingerprint density at radius 1 is 1.12 bits per heavy atom. The average molecular weight is 342 g/mol. The van der Waals surface area contributed by atoms with Crippen LogP contribution in [0.15, 0.2) is 59.0 Å². The maximum atomic E-state index is 11.2. The lowest BCUT2D eigenvalue weighted by Gasteiger charge is -2.10. The van der Waals surface area contributed by atoms with Gasteiger partial charge in [0.25, 0.3) is 0 Å². The zero-order valence-electron chi connectivity index (χ0n) is 13.0. The summed E-state index contributed by atoms with van der Waals surface area (Å²) in [5.41, 5.74) is 2.60. The second-order valence-electron chi connectivity index (χ2n) is 5.38. The first-order valence-corrected chi connectivity index (χ1v) is 7.84. The molecule has 0 saturated carbocycles. The Labute approximate surface area is 144 Å². The van der Waals surface area contributed by atoms with Gasteiger partial charge in [0.1, 0.15) is 11.5 Å². The SMILES string of the molecule is Cc1c(NCc2ccc(-c3ccccc3Cl)o2)cccc1C(=O)O. The highest BCUT2D eigenvalue weighted by molar-refractivity contribution is 6.33. The van der Waals surface area contributed by atoms with Crippen LogP contribution in [0.4, 0.5) is 5.69 Å². The first-order valence-electron chi connectivity index (χ1n) is 7.46. The standard InChI is InChI=1S/C19H16ClNO3/c1-12-14(19(22)23)6-4-8-17(12)21-11-13-9-10-18(24-13)15-5-2-3-7-16(15)20/h2-10,21H,11H2,1H3,(H,22,23). The van der Waals surface area contributed by atoms with E-state index in [1.54, 1.807) is 19.1 Å². The highest BCUT2D eigenvalue weighted by atomic mass is 35.5. The van der Waals surface area contributed by atoms with Crippen molar-refractivity contribution in [3.63, 3.8) is 0 Å². The quantitative estimate of drug-likeness (QED) is 0.668. The summed E-state index contributed by atoms with van der Waals surface area (Å²) in [6.45, 7) is 2.23. The smallest absolute Gasteiger partial charge is 0.336 e. The summed E-state index contributed by atoms with van der Waals surface area (Å²) in [5.74, 6) is 0.508. The number of hydrogen-bond acceptors (Lipinski definition) is 3. The molecule has 0 saturated heterocycles. The summed E-state index contributed by atoms with van der Waals surface area (Å²) in [5, 5.41) is 13.0. The largest absolute Gasteiger partial charge is 0.478 e. The minimum absolute atomic E-state index is 0.288. The van der Waals surface area contributed by atoms with Crippen LogP contribution in [0.25, 0.3) is 11.3 Å². The fourth-order valence-electron chi connectivity index (χ4n) is 2.52. The number of nitrogens with one attached hydrogen (secondary N) is 1. The van der Waals surface area contributed by atoms with E-state index >= 15 is 0 Å². The van der Waals surface area contributed by atoms with Crippen molar-refractivity contribution in [1.29, 1.82) is 0 Å². The third kappa shape index (κ3) is 3.29. The van der Waals surface area contributed by atoms with Crippen LogP contribution in [0.2, 0.25) is 5.02 Å². The van der Waals surface area contributed by atoms with Crippen molar-refractivity contribution in [2.24, 2.45) is 0 Å². The van der Waals surface area contributed by atoms with Crippen LogP contribution in [0.5, 0.6) is 0 Å². The van der Waals surface area contributed by atoms with Crippen LogP contribution < -0.4 is 5.32 Å². The molecule has 24 heavy (non-hydrogen) atoms. The van der Waals surface area contributed by atoms with Gasteiger partial charge in [-0.25, -0.2) is 4.79 Å². The van der Waals surface area contributed by atoms with E-state index in [0.717, 1.165) is 17.0 Å². The Morgan fingerprint density at radius 2 is 1.92 bits per heavy atom. The van der Waals surface area contributed by atoms with E-state index in [0.29, 0.717) is 22.9 Å². The summed E-state index contributed by atoms with van der Waals surface area (Å²) in [6, 6.07) is 16.4. The molecule has 2 N–H and O–H groups in total. The second-order valence-corrected chi connectivity index (χ2v) is 5.79. The molecule has 3 rings (SSSR count). The van der Waals surface area contributed by atoms with E-state index in [4.69, 9.17) is 16.0 Å². The molecule has 0 fully saturated rings. The Balaban J connectivity index is 1.76. The molecule has 122 valence electrons. The van der Waals surface area contributed by atoms with Crippen LogP contribution in [0.1, 0.15) is 21.7 Å². The van der Waals surface area contributed by atoms with Crippen LogP contribution in [-0.2, 0) is 6.54 Å². The summed E-state index contributed by atoms with van der Waals surface area (Å²) >= 11 is 6.18. The van der Waals surface area contributed by atoms with Gasteiger partial charge in [-0.3, -0.25) is 0 Å². The predicted octanol–water partition coefficient (Wildman–Crippen LogP) is 5.22. The molecule has 0 unspecified atom stereocenters. The summed E-state index contributed by atoms with van der Waals surface area (Å²) in [6.07, 6.45) is 0. The number of hydrogen-bond donors (Lipinski definition) is 2. The molecule has 0 amide bonds. The third-order valence-corrected chi connectivity index (χ3v) is 4.15. The number of rotatable bonds is 5. The van der Waals surface area contributed by atoms with Crippen LogP contribution >= 0.6 is 11.6 Å². The number of furan rings is 1. The number of anilines is 1. The topological polar surface area (TPSA) is 62.5 Å². The van der Waals surface area contributed by atoms with Gasteiger partial charge in [0.15, 0.2) is 0 Å². The number of carbonyl (C=O) groups is 1. The van der Waals surface area contributed by atoms with Gasteiger partial charge in [-0.15, -0.1) is 0 Å². The van der Waals surface area contributed by atoms with E-state index in [-0.39, 0.29) is 5.56 Å². The van der Waals surface area contributed by atoms with Crippen LogP contribution in [0.3, 0.4) is 0 Å². The van der Waals surface area contributed by atoms with Crippen LogP contribution in [0, 0.1) is 6.92 Å². The first kappa shape index (κ1) is 16.1. The molecule has 0 radical (unpaired) electrons. The zero-order valence-corrected chi connectivity index (χ0v) is 13.8. The monoisotopic (exact) mass is 341 g/mol. The molecule has 0 aliphatic heterocycles. The molecule has 1 aromatic heterocycles. The van der Waals surface area contributed by atoms with Crippen LogP contribution in [-0.4, -0.2) is 11.1 Å². The van der Waals surface area contributed by atoms with E-state index < -0.39 is 5.97 Å². The Bertz CT molecular complexity index is 886. The summed E-state index contributed by atoms with van der Waals surface area (Å²) < 4.78 is 5.83. The predicted molar refractivity (Wildman–Crippen MR) is 94.6 cm³/mol.